The molecule has 0 amide bonds. The number of hydrogen-bond acceptors (Lipinski definition) is 7. The molecule has 1 aliphatic heterocycles. The van der Waals surface area contributed by atoms with E-state index in [0.29, 0.717) is 54.3 Å². The molecule has 0 fully saturated rings. The Hall–Kier alpha value is -3.07. The number of unbranched alkanes of at least 4 members (excludes halogenated alkanes) is 1. The molecule has 0 aliphatic carbocycles. The van der Waals surface area contributed by atoms with E-state index in [-0.39, 0.29) is 11.7 Å². The van der Waals surface area contributed by atoms with E-state index in [9.17, 15) is 9.59 Å². The first-order valence-corrected chi connectivity index (χ1v) is 14.2. The Morgan fingerprint density at radius 3 is 2.59 bits per heavy atom. The Bertz CT molecular complexity index is 1610. The number of fused-ring (bicyclic) bond motifs is 1. The van der Waals surface area contributed by atoms with Gasteiger partial charge in [-0.2, -0.15) is 0 Å². The maximum atomic E-state index is 13.8. The van der Waals surface area contributed by atoms with Gasteiger partial charge in [0.1, 0.15) is 0 Å². The third kappa shape index (κ3) is 6.24. The van der Waals surface area contributed by atoms with Gasteiger partial charge in [-0.3, -0.25) is 9.36 Å². The fourth-order valence-corrected chi connectivity index (χ4v) is 5.58. The van der Waals surface area contributed by atoms with Crippen molar-refractivity contribution in [3.63, 3.8) is 0 Å². The average Bonchev–Trinajstić information content (AvgIpc) is 3.19. The number of halogens is 2. The van der Waals surface area contributed by atoms with Crippen LogP contribution in [0.4, 0.5) is 0 Å². The van der Waals surface area contributed by atoms with Crippen molar-refractivity contribution in [2.24, 2.45) is 4.99 Å². The molecule has 1 aliphatic rings. The molecular formula is C29H30Cl2N2O5S. The van der Waals surface area contributed by atoms with Crippen LogP contribution in [0.2, 0.25) is 10.0 Å². The van der Waals surface area contributed by atoms with Crippen molar-refractivity contribution in [3.8, 4) is 11.5 Å². The molecule has 1 unspecified atom stereocenters. The Morgan fingerprint density at radius 2 is 1.92 bits per heavy atom. The second-order valence-electron chi connectivity index (χ2n) is 9.32. The number of methoxy groups -OCH3 is 1. The topological polar surface area (TPSA) is 79.1 Å². The van der Waals surface area contributed by atoms with Gasteiger partial charge >= 0.3 is 5.97 Å². The summed E-state index contributed by atoms with van der Waals surface area (Å²) < 4.78 is 19.1. The molecule has 0 spiro atoms. The van der Waals surface area contributed by atoms with E-state index < -0.39 is 12.0 Å². The van der Waals surface area contributed by atoms with Crippen LogP contribution in [0, 0.1) is 0 Å². The minimum Gasteiger partial charge on any atom is -0.493 e. The quantitative estimate of drug-likeness (QED) is 0.237. The highest BCUT2D eigenvalue weighted by molar-refractivity contribution is 7.07. The highest BCUT2D eigenvalue weighted by Crippen LogP contribution is 2.36. The molecule has 3 aromatic rings. The van der Waals surface area contributed by atoms with Gasteiger partial charge in [-0.05, 0) is 68.7 Å². The highest BCUT2D eigenvalue weighted by Gasteiger charge is 2.34. The summed E-state index contributed by atoms with van der Waals surface area (Å²) in [6.45, 7) is 7.95. The van der Waals surface area contributed by atoms with E-state index >= 15 is 0 Å². The van der Waals surface area contributed by atoms with E-state index in [0.717, 1.165) is 18.4 Å². The number of aromatic nitrogens is 1. The van der Waals surface area contributed by atoms with Crippen molar-refractivity contribution in [2.45, 2.75) is 52.7 Å². The third-order valence-electron chi connectivity index (χ3n) is 6.08. The van der Waals surface area contributed by atoms with E-state index in [4.69, 9.17) is 37.4 Å². The number of ether oxygens (including phenoxy) is 3. The molecular weight excluding hydrogens is 559 g/mol. The van der Waals surface area contributed by atoms with E-state index in [1.54, 1.807) is 64.3 Å². The lowest BCUT2D eigenvalue weighted by Crippen LogP contribution is -2.40. The Balaban J connectivity index is 1.90. The second kappa shape index (κ2) is 12.4. The number of rotatable bonds is 9. The summed E-state index contributed by atoms with van der Waals surface area (Å²) in [4.78, 5) is 32.3. The monoisotopic (exact) mass is 588 g/mol. The van der Waals surface area contributed by atoms with Gasteiger partial charge < -0.3 is 14.2 Å². The molecule has 0 saturated carbocycles. The zero-order valence-corrected chi connectivity index (χ0v) is 24.7. The number of carbonyl (C=O) groups excluding carboxylic acids is 1. The fourth-order valence-electron chi connectivity index (χ4n) is 4.23. The van der Waals surface area contributed by atoms with Crippen molar-refractivity contribution in [1.29, 1.82) is 0 Å². The number of benzene rings is 2. The lowest BCUT2D eigenvalue weighted by atomic mass is 9.95. The molecule has 39 heavy (non-hydrogen) atoms. The van der Waals surface area contributed by atoms with Crippen molar-refractivity contribution in [1.82, 2.24) is 4.57 Å². The second-order valence-corrected chi connectivity index (χ2v) is 11.1. The molecule has 1 atom stereocenters. The number of nitrogens with zero attached hydrogens (tertiary/aromatic N) is 2. The highest BCUT2D eigenvalue weighted by atomic mass is 35.5. The maximum Gasteiger partial charge on any atom is 0.338 e. The van der Waals surface area contributed by atoms with Gasteiger partial charge in [-0.15, -0.1) is 0 Å². The van der Waals surface area contributed by atoms with Crippen LogP contribution >= 0.6 is 34.5 Å². The molecule has 0 radical (unpaired) electrons. The Morgan fingerprint density at radius 1 is 1.15 bits per heavy atom. The van der Waals surface area contributed by atoms with Gasteiger partial charge in [0.2, 0.25) is 0 Å². The van der Waals surface area contributed by atoms with E-state index in [2.05, 4.69) is 11.9 Å². The summed E-state index contributed by atoms with van der Waals surface area (Å²) >= 11 is 13.5. The van der Waals surface area contributed by atoms with Gasteiger partial charge in [-0.25, -0.2) is 9.79 Å². The van der Waals surface area contributed by atoms with Crippen LogP contribution in [0.25, 0.3) is 6.08 Å². The summed E-state index contributed by atoms with van der Waals surface area (Å²) in [5.74, 6) is 0.568. The van der Waals surface area contributed by atoms with Crippen molar-refractivity contribution < 1.29 is 19.0 Å². The van der Waals surface area contributed by atoms with Crippen LogP contribution in [0.15, 0.2) is 57.5 Å². The smallest absolute Gasteiger partial charge is 0.338 e. The van der Waals surface area contributed by atoms with Gasteiger partial charge in [0.05, 0.1) is 51.7 Å². The largest absolute Gasteiger partial charge is 0.493 e. The lowest BCUT2D eigenvalue weighted by molar-refractivity contribution is -0.143. The molecule has 0 N–H and O–H groups in total. The molecule has 2 heterocycles. The normalized spacial score (nSPS) is 15.3. The van der Waals surface area contributed by atoms with Gasteiger partial charge in [-0.1, -0.05) is 60.0 Å². The number of carbonyl (C=O) groups is 1. The van der Waals surface area contributed by atoms with Crippen molar-refractivity contribution in [2.75, 3.05) is 13.7 Å². The minimum absolute atomic E-state index is 0.291. The predicted octanol–water partition coefficient (Wildman–Crippen LogP) is 5.68. The van der Waals surface area contributed by atoms with Crippen LogP contribution < -0.4 is 24.4 Å². The van der Waals surface area contributed by atoms with Gasteiger partial charge in [0.25, 0.3) is 5.56 Å². The summed E-state index contributed by atoms with van der Waals surface area (Å²) in [5, 5.41) is 0.814. The first-order chi connectivity index (χ1) is 18.6. The zero-order valence-electron chi connectivity index (χ0n) is 22.4. The third-order valence-corrected chi connectivity index (χ3v) is 7.81. The van der Waals surface area contributed by atoms with E-state index in [1.165, 1.54) is 15.9 Å². The molecule has 0 bridgehead atoms. The van der Waals surface area contributed by atoms with Crippen LogP contribution in [0.3, 0.4) is 0 Å². The standard InChI is InChI=1S/C29H30Cl2N2O5S/c1-6-7-12-37-22-11-9-19(15-23(22)36-5)26-25(28(35)38-16(2)3)17(4)32-29-33(26)27(34)24(39-29)14-18-8-10-20(30)21(31)13-18/h8-11,13-16,26H,6-7,12H2,1-5H3. The van der Waals surface area contributed by atoms with Crippen LogP contribution in [0.5, 0.6) is 11.5 Å². The summed E-state index contributed by atoms with van der Waals surface area (Å²) in [5.41, 5.74) is 1.87. The molecule has 0 saturated heterocycles. The van der Waals surface area contributed by atoms with Crippen molar-refractivity contribution in [3.05, 3.63) is 88.5 Å². The van der Waals surface area contributed by atoms with Gasteiger partial charge in [0, 0.05) is 0 Å². The SMILES string of the molecule is CCCCOc1ccc(C2C(C(=O)OC(C)C)=C(C)N=c3sc(=Cc4ccc(Cl)c(Cl)c4)c(=O)n32)cc1OC. The fraction of sp³-hybridized carbons (Fsp3) is 0.345. The number of hydrogen-bond donors (Lipinski definition) is 0. The molecule has 4 rings (SSSR count). The number of thiazole rings is 1. The van der Waals surface area contributed by atoms with Gasteiger partial charge in [0.15, 0.2) is 16.3 Å². The Kier molecular flexibility index (Phi) is 9.20. The number of esters is 1. The average molecular weight is 590 g/mol. The zero-order chi connectivity index (χ0) is 28.3. The summed E-state index contributed by atoms with van der Waals surface area (Å²) in [6, 6.07) is 9.81. The number of allylic oxidation sites excluding steroid dienone is 1. The molecule has 1 aromatic heterocycles. The summed E-state index contributed by atoms with van der Waals surface area (Å²) in [6.07, 6.45) is 3.30. The Labute approximate surface area is 241 Å². The van der Waals surface area contributed by atoms with Crippen LogP contribution in [-0.2, 0) is 9.53 Å². The molecule has 7 nitrogen and oxygen atoms in total. The molecule has 206 valence electrons. The van der Waals surface area contributed by atoms with Crippen LogP contribution in [0.1, 0.15) is 57.7 Å². The minimum atomic E-state index is -0.776. The predicted molar refractivity (Wildman–Crippen MR) is 155 cm³/mol. The first kappa shape index (κ1) is 28.9. The lowest BCUT2D eigenvalue weighted by Gasteiger charge is -2.26. The molecule has 10 heteroatoms. The van der Waals surface area contributed by atoms with E-state index in [1.807, 2.05) is 6.07 Å². The van der Waals surface area contributed by atoms with Crippen molar-refractivity contribution >= 4 is 46.6 Å². The maximum absolute atomic E-state index is 13.8. The van der Waals surface area contributed by atoms with Crippen LogP contribution in [-0.4, -0.2) is 30.4 Å². The first-order valence-electron chi connectivity index (χ1n) is 12.6. The summed E-state index contributed by atoms with van der Waals surface area (Å²) in [7, 11) is 1.56. The molecule has 2 aromatic carbocycles.